The van der Waals surface area contributed by atoms with Gasteiger partial charge in [-0.2, -0.15) is 0 Å². The Kier molecular flexibility index (Phi) is 4.02. The van der Waals surface area contributed by atoms with E-state index in [1.54, 1.807) is 0 Å². The zero-order valence-electron chi connectivity index (χ0n) is 9.85. The minimum Gasteiger partial charge on any atom is -0.486 e. The van der Waals surface area contributed by atoms with E-state index in [9.17, 15) is 4.21 Å². The topological polar surface area (TPSA) is 61.6 Å². The summed E-state index contributed by atoms with van der Waals surface area (Å²) in [5, 5.41) is 0. The van der Waals surface area contributed by atoms with E-state index in [1.165, 1.54) is 0 Å². The summed E-state index contributed by atoms with van der Waals surface area (Å²) in [5.41, 5.74) is 6.96. The van der Waals surface area contributed by atoms with E-state index in [4.69, 9.17) is 15.2 Å². The summed E-state index contributed by atoms with van der Waals surface area (Å²) in [5.74, 6) is 2.60. The Morgan fingerprint density at radius 2 is 2.06 bits per heavy atom. The van der Waals surface area contributed by atoms with E-state index in [0.717, 1.165) is 17.1 Å². The molecule has 0 spiro atoms. The van der Waals surface area contributed by atoms with E-state index >= 15 is 0 Å². The Balaban J connectivity index is 2.13. The van der Waals surface area contributed by atoms with Crippen LogP contribution in [0.4, 0.5) is 0 Å². The van der Waals surface area contributed by atoms with Crippen molar-refractivity contribution >= 4 is 10.8 Å². The van der Waals surface area contributed by atoms with E-state index < -0.39 is 10.8 Å². The molecule has 1 aromatic rings. The molecule has 0 fully saturated rings. The first-order valence-electron chi connectivity index (χ1n) is 5.71. The molecule has 2 atom stereocenters. The SMILES string of the molecule is CCS(=O)CC(N)c1ccc2c(c1)OCCO2. The van der Waals surface area contributed by atoms with Crippen molar-refractivity contribution in [3.63, 3.8) is 0 Å². The van der Waals surface area contributed by atoms with Crippen molar-refractivity contribution in [1.82, 2.24) is 0 Å². The monoisotopic (exact) mass is 255 g/mol. The molecule has 2 unspecified atom stereocenters. The van der Waals surface area contributed by atoms with Crippen LogP contribution in [0.25, 0.3) is 0 Å². The minimum atomic E-state index is -0.856. The van der Waals surface area contributed by atoms with E-state index in [-0.39, 0.29) is 6.04 Å². The molecule has 0 bridgehead atoms. The second-order valence-corrected chi connectivity index (χ2v) is 5.70. The van der Waals surface area contributed by atoms with Crippen molar-refractivity contribution in [3.8, 4) is 11.5 Å². The molecule has 94 valence electrons. The van der Waals surface area contributed by atoms with Crippen molar-refractivity contribution in [1.29, 1.82) is 0 Å². The lowest BCUT2D eigenvalue weighted by Gasteiger charge is -2.20. The number of benzene rings is 1. The molecule has 0 amide bonds. The van der Waals surface area contributed by atoms with E-state index in [2.05, 4.69) is 0 Å². The maximum atomic E-state index is 11.5. The third-order valence-corrected chi connectivity index (χ3v) is 4.06. The summed E-state index contributed by atoms with van der Waals surface area (Å²) < 4.78 is 22.4. The van der Waals surface area contributed by atoms with Crippen molar-refractivity contribution < 1.29 is 13.7 Å². The summed E-state index contributed by atoms with van der Waals surface area (Å²) in [6.45, 7) is 3.04. The molecule has 1 aliphatic rings. The molecule has 1 aliphatic heterocycles. The molecule has 0 radical (unpaired) electrons. The van der Waals surface area contributed by atoms with Crippen molar-refractivity contribution in [3.05, 3.63) is 23.8 Å². The van der Waals surface area contributed by atoms with Crippen molar-refractivity contribution in [2.45, 2.75) is 13.0 Å². The maximum Gasteiger partial charge on any atom is 0.161 e. The number of fused-ring (bicyclic) bond motifs is 1. The van der Waals surface area contributed by atoms with Gasteiger partial charge in [-0.25, -0.2) is 0 Å². The van der Waals surface area contributed by atoms with Crippen LogP contribution in [0, 0.1) is 0 Å². The summed E-state index contributed by atoms with van der Waals surface area (Å²) in [6.07, 6.45) is 0. The second-order valence-electron chi connectivity index (χ2n) is 3.90. The lowest BCUT2D eigenvalue weighted by atomic mass is 10.1. The molecule has 0 saturated heterocycles. The zero-order valence-corrected chi connectivity index (χ0v) is 10.7. The third-order valence-electron chi connectivity index (χ3n) is 2.68. The molecular weight excluding hydrogens is 238 g/mol. The molecule has 0 aromatic heterocycles. The highest BCUT2D eigenvalue weighted by Crippen LogP contribution is 2.32. The van der Waals surface area contributed by atoms with Gasteiger partial charge in [0.05, 0.1) is 0 Å². The smallest absolute Gasteiger partial charge is 0.161 e. The predicted octanol–water partition coefficient (Wildman–Crippen LogP) is 1.23. The molecular formula is C12H17NO3S. The average Bonchev–Trinajstić information content (AvgIpc) is 2.38. The molecule has 4 nitrogen and oxygen atoms in total. The van der Waals surface area contributed by atoms with Crippen LogP contribution in [-0.2, 0) is 10.8 Å². The lowest BCUT2D eigenvalue weighted by molar-refractivity contribution is 0.171. The minimum absolute atomic E-state index is 0.216. The Morgan fingerprint density at radius 3 is 2.76 bits per heavy atom. The fraction of sp³-hybridized carbons (Fsp3) is 0.500. The van der Waals surface area contributed by atoms with Crippen LogP contribution in [-0.4, -0.2) is 28.9 Å². The third kappa shape index (κ3) is 2.98. The number of nitrogens with two attached hydrogens (primary N) is 1. The van der Waals surface area contributed by atoms with Crippen LogP contribution in [0.2, 0.25) is 0 Å². The second kappa shape index (κ2) is 5.51. The Bertz CT molecular complexity index is 422. The van der Waals surface area contributed by atoms with Gasteiger partial charge in [0.15, 0.2) is 11.5 Å². The summed E-state index contributed by atoms with van der Waals surface area (Å²) in [7, 11) is -0.856. The molecule has 5 heteroatoms. The van der Waals surface area contributed by atoms with Gasteiger partial charge in [-0.15, -0.1) is 0 Å². The molecule has 0 saturated carbocycles. The highest BCUT2D eigenvalue weighted by molar-refractivity contribution is 7.84. The fourth-order valence-electron chi connectivity index (χ4n) is 1.70. The molecule has 17 heavy (non-hydrogen) atoms. The van der Waals surface area contributed by atoms with Crippen LogP contribution < -0.4 is 15.2 Å². The van der Waals surface area contributed by atoms with Gasteiger partial charge < -0.3 is 15.2 Å². The van der Waals surface area contributed by atoms with Crippen LogP contribution in [0.1, 0.15) is 18.5 Å². The number of hydrogen-bond donors (Lipinski definition) is 1. The number of ether oxygens (including phenoxy) is 2. The van der Waals surface area contributed by atoms with Crippen LogP contribution in [0.3, 0.4) is 0 Å². The van der Waals surface area contributed by atoms with Crippen LogP contribution in [0.5, 0.6) is 11.5 Å². The van der Waals surface area contributed by atoms with Gasteiger partial charge in [-0.05, 0) is 17.7 Å². The van der Waals surface area contributed by atoms with Crippen LogP contribution in [0.15, 0.2) is 18.2 Å². The van der Waals surface area contributed by atoms with E-state index in [1.807, 2.05) is 25.1 Å². The molecule has 1 aromatic carbocycles. The average molecular weight is 255 g/mol. The van der Waals surface area contributed by atoms with Crippen molar-refractivity contribution in [2.24, 2.45) is 5.73 Å². The Hall–Kier alpha value is -1.07. The lowest BCUT2D eigenvalue weighted by Crippen LogP contribution is -2.20. The summed E-state index contributed by atoms with van der Waals surface area (Å²) in [4.78, 5) is 0. The van der Waals surface area contributed by atoms with Gasteiger partial charge >= 0.3 is 0 Å². The largest absolute Gasteiger partial charge is 0.486 e. The first-order chi connectivity index (χ1) is 8.20. The Labute approximate surface area is 104 Å². The highest BCUT2D eigenvalue weighted by atomic mass is 32.2. The van der Waals surface area contributed by atoms with Crippen molar-refractivity contribution in [2.75, 3.05) is 24.7 Å². The van der Waals surface area contributed by atoms with Crippen LogP contribution >= 0.6 is 0 Å². The number of rotatable bonds is 4. The molecule has 0 aliphatic carbocycles. The maximum absolute atomic E-state index is 11.5. The molecule has 1 heterocycles. The fourth-order valence-corrected chi connectivity index (χ4v) is 2.53. The van der Waals surface area contributed by atoms with Gasteiger partial charge in [0.25, 0.3) is 0 Å². The zero-order chi connectivity index (χ0) is 12.3. The quantitative estimate of drug-likeness (QED) is 0.879. The van der Waals surface area contributed by atoms with Gasteiger partial charge in [-0.1, -0.05) is 13.0 Å². The highest BCUT2D eigenvalue weighted by Gasteiger charge is 2.15. The Morgan fingerprint density at radius 1 is 1.35 bits per heavy atom. The summed E-state index contributed by atoms with van der Waals surface area (Å²) in [6, 6.07) is 5.43. The van der Waals surface area contributed by atoms with Gasteiger partial charge in [0.1, 0.15) is 13.2 Å². The first kappa shape index (κ1) is 12.4. The standard InChI is InChI=1S/C12H17NO3S/c1-2-17(14)8-10(13)9-3-4-11-12(7-9)16-6-5-15-11/h3-4,7,10H,2,5-6,8,13H2,1H3. The summed E-state index contributed by atoms with van der Waals surface area (Å²) >= 11 is 0. The number of hydrogen-bond acceptors (Lipinski definition) is 4. The predicted molar refractivity (Wildman–Crippen MR) is 67.9 cm³/mol. The van der Waals surface area contributed by atoms with E-state index in [0.29, 0.717) is 24.7 Å². The first-order valence-corrected chi connectivity index (χ1v) is 7.19. The van der Waals surface area contributed by atoms with Gasteiger partial charge in [-0.3, -0.25) is 4.21 Å². The molecule has 2 rings (SSSR count). The molecule has 2 N–H and O–H groups in total. The normalized spacial score (nSPS) is 17.5. The van der Waals surface area contributed by atoms with Gasteiger partial charge in [0.2, 0.25) is 0 Å². The van der Waals surface area contributed by atoms with Gasteiger partial charge in [0, 0.05) is 28.3 Å².